The van der Waals surface area contributed by atoms with Gasteiger partial charge < -0.3 is 15.0 Å². The Labute approximate surface area is 164 Å². The summed E-state index contributed by atoms with van der Waals surface area (Å²) in [5.41, 5.74) is 0.665. The molecule has 6 nitrogen and oxygen atoms in total. The Balaban J connectivity index is 1.68. The summed E-state index contributed by atoms with van der Waals surface area (Å²) in [6, 6.07) is 13.2. The Morgan fingerprint density at radius 1 is 1.18 bits per heavy atom. The monoisotopic (exact) mass is 382 g/mol. The van der Waals surface area contributed by atoms with E-state index in [0.29, 0.717) is 18.7 Å². The van der Waals surface area contributed by atoms with E-state index in [-0.39, 0.29) is 36.2 Å². The Kier molecular flexibility index (Phi) is 6.29. The number of methoxy groups -OCH3 is 1. The van der Waals surface area contributed by atoms with Crippen LogP contribution in [0.2, 0.25) is 0 Å². The summed E-state index contributed by atoms with van der Waals surface area (Å²) in [6.45, 7) is 2.80. The smallest absolute Gasteiger partial charge is 0.307 e. The van der Waals surface area contributed by atoms with Crippen LogP contribution < -0.4 is 5.32 Å². The van der Waals surface area contributed by atoms with Crippen molar-refractivity contribution in [2.24, 2.45) is 5.92 Å². The molecule has 1 aliphatic heterocycles. The lowest BCUT2D eigenvalue weighted by atomic mass is 9.95. The van der Waals surface area contributed by atoms with E-state index < -0.39 is 0 Å². The molecule has 3 rings (SSSR count). The lowest BCUT2D eigenvalue weighted by Gasteiger charge is -2.33. The number of nitrogens with one attached hydrogen (secondary N) is 1. The van der Waals surface area contributed by atoms with Crippen LogP contribution in [0.4, 0.5) is 0 Å². The lowest BCUT2D eigenvalue weighted by Crippen LogP contribution is -2.47. The first kappa shape index (κ1) is 19.9. The lowest BCUT2D eigenvalue weighted by molar-refractivity contribution is -0.141. The number of nitrogens with zero attached hydrogens (tertiary/aromatic N) is 1. The first-order valence-electron chi connectivity index (χ1n) is 9.64. The molecule has 0 aliphatic carbocycles. The van der Waals surface area contributed by atoms with Crippen LogP contribution in [0, 0.1) is 5.92 Å². The van der Waals surface area contributed by atoms with Crippen molar-refractivity contribution in [1.29, 1.82) is 0 Å². The van der Waals surface area contributed by atoms with E-state index in [1.54, 1.807) is 11.8 Å². The maximum absolute atomic E-state index is 13.1. The highest BCUT2D eigenvalue weighted by molar-refractivity contribution is 6.07. The average Bonchev–Trinajstić information content (AvgIpc) is 2.72. The molecule has 1 heterocycles. The molecule has 148 valence electrons. The summed E-state index contributed by atoms with van der Waals surface area (Å²) in [7, 11) is 1.33. The molecule has 1 aliphatic rings. The first-order chi connectivity index (χ1) is 13.5. The molecule has 2 amide bonds. The third-order valence-corrected chi connectivity index (χ3v) is 5.19. The third-order valence-electron chi connectivity index (χ3n) is 5.19. The van der Waals surface area contributed by atoms with E-state index >= 15 is 0 Å². The fraction of sp³-hybridized carbons (Fsp3) is 0.409. The number of amides is 2. The fourth-order valence-corrected chi connectivity index (χ4v) is 3.70. The average molecular weight is 382 g/mol. The van der Waals surface area contributed by atoms with Gasteiger partial charge in [0.25, 0.3) is 5.91 Å². The van der Waals surface area contributed by atoms with Crippen molar-refractivity contribution in [1.82, 2.24) is 10.2 Å². The molecule has 2 atom stereocenters. The Morgan fingerprint density at radius 2 is 1.93 bits per heavy atom. The molecule has 2 aromatic rings. The quantitative estimate of drug-likeness (QED) is 0.807. The normalized spacial score (nSPS) is 17.8. The number of likely N-dealkylation sites (tertiary alicyclic amines) is 1. The van der Waals surface area contributed by atoms with Gasteiger partial charge in [-0.1, -0.05) is 36.4 Å². The molecule has 0 radical (unpaired) electrons. The fourth-order valence-electron chi connectivity index (χ4n) is 3.70. The van der Waals surface area contributed by atoms with Gasteiger partial charge in [-0.2, -0.15) is 0 Å². The second kappa shape index (κ2) is 8.87. The van der Waals surface area contributed by atoms with E-state index in [9.17, 15) is 14.4 Å². The van der Waals surface area contributed by atoms with Crippen LogP contribution in [0.25, 0.3) is 10.8 Å². The third kappa shape index (κ3) is 4.50. The number of rotatable bonds is 5. The zero-order valence-electron chi connectivity index (χ0n) is 16.3. The molecule has 6 heteroatoms. The molecule has 0 saturated carbocycles. The summed E-state index contributed by atoms with van der Waals surface area (Å²) >= 11 is 0. The topological polar surface area (TPSA) is 75.7 Å². The summed E-state index contributed by atoms with van der Waals surface area (Å²) in [6.07, 6.45) is 1.64. The van der Waals surface area contributed by atoms with Crippen molar-refractivity contribution in [2.75, 3.05) is 20.2 Å². The van der Waals surface area contributed by atoms with Crippen molar-refractivity contribution in [3.05, 3.63) is 48.0 Å². The number of piperidine rings is 1. The van der Waals surface area contributed by atoms with Crippen LogP contribution in [0.1, 0.15) is 36.5 Å². The van der Waals surface area contributed by atoms with Gasteiger partial charge in [0.1, 0.15) is 0 Å². The number of esters is 1. The molecule has 0 spiro atoms. The molecule has 2 unspecified atom stereocenters. The number of hydrogen-bond donors (Lipinski definition) is 1. The van der Waals surface area contributed by atoms with Crippen LogP contribution in [-0.4, -0.2) is 48.9 Å². The predicted molar refractivity (Wildman–Crippen MR) is 107 cm³/mol. The maximum Gasteiger partial charge on any atom is 0.307 e. The van der Waals surface area contributed by atoms with Gasteiger partial charge in [0.2, 0.25) is 5.91 Å². The van der Waals surface area contributed by atoms with Crippen molar-refractivity contribution in [2.45, 2.75) is 32.2 Å². The maximum atomic E-state index is 13.1. The molecule has 28 heavy (non-hydrogen) atoms. The zero-order valence-corrected chi connectivity index (χ0v) is 16.3. The van der Waals surface area contributed by atoms with Gasteiger partial charge >= 0.3 is 5.97 Å². The van der Waals surface area contributed by atoms with Crippen LogP contribution in [0.15, 0.2) is 42.5 Å². The summed E-state index contributed by atoms with van der Waals surface area (Å²) < 4.78 is 4.64. The Morgan fingerprint density at radius 3 is 2.71 bits per heavy atom. The van der Waals surface area contributed by atoms with E-state index in [0.717, 1.165) is 23.6 Å². The number of benzene rings is 2. The van der Waals surface area contributed by atoms with Crippen LogP contribution in [0.3, 0.4) is 0 Å². The van der Waals surface area contributed by atoms with Gasteiger partial charge in [0.05, 0.1) is 19.4 Å². The van der Waals surface area contributed by atoms with Crippen LogP contribution >= 0.6 is 0 Å². The van der Waals surface area contributed by atoms with Gasteiger partial charge in [-0.15, -0.1) is 0 Å². The highest BCUT2D eigenvalue weighted by Crippen LogP contribution is 2.23. The number of fused-ring (bicyclic) bond motifs is 1. The highest BCUT2D eigenvalue weighted by Gasteiger charge is 2.30. The summed E-state index contributed by atoms with van der Waals surface area (Å²) in [4.78, 5) is 38.8. The molecule has 2 aromatic carbocycles. The zero-order chi connectivity index (χ0) is 20.1. The van der Waals surface area contributed by atoms with Gasteiger partial charge in [-0.3, -0.25) is 14.4 Å². The summed E-state index contributed by atoms with van der Waals surface area (Å²) in [5, 5.41) is 4.81. The van der Waals surface area contributed by atoms with E-state index in [1.807, 2.05) is 42.5 Å². The largest absolute Gasteiger partial charge is 0.469 e. The Hall–Kier alpha value is -2.89. The molecule has 1 fully saturated rings. The van der Waals surface area contributed by atoms with Gasteiger partial charge in [-0.05, 0) is 36.6 Å². The molecule has 0 bridgehead atoms. The highest BCUT2D eigenvalue weighted by atomic mass is 16.5. The van der Waals surface area contributed by atoms with E-state index in [4.69, 9.17) is 0 Å². The van der Waals surface area contributed by atoms with E-state index in [1.165, 1.54) is 7.11 Å². The van der Waals surface area contributed by atoms with Crippen molar-refractivity contribution in [3.8, 4) is 0 Å². The van der Waals surface area contributed by atoms with Crippen LogP contribution in [0.5, 0.6) is 0 Å². The summed E-state index contributed by atoms with van der Waals surface area (Å²) in [5.74, 6) is -0.791. The minimum absolute atomic E-state index is 0.0445. The standard InChI is InChI=1S/C22H26N2O4/c1-15(13-20(25)28-2)23-21(26)17-9-6-12-24(14-17)22(27)19-11-5-8-16-7-3-4-10-18(16)19/h3-5,7-8,10-11,15,17H,6,9,12-14H2,1-2H3,(H,23,26). The van der Waals surface area contributed by atoms with E-state index in [2.05, 4.69) is 10.1 Å². The number of carbonyl (C=O) groups is 3. The van der Waals surface area contributed by atoms with Gasteiger partial charge in [0, 0.05) is 24.7 Å². The second-order valence-corrected chi connectivity index (χ2v) is 7.31. The predicted octanol–water partition coefficient (Wildman–Crippen LogP) is 2.76. The number of hydrogen-bond acceptors (Lipinski definition) is 4. The molecular formula is C22H26N2O4. The van der Waals surface area contributed by atoms with Crippen molar-refractivity contribution >= 4 is 28.6 Å². The molecule has 1 saturated heterocycles. The van der Waals surface area contributed by atoms with Crippen molar-refractivity contribution in [3.63, 3.8) is 0 Å². The molecule has 1 N–H and O–H groups in total. The minimum atomic E-state index is -0.357. The molecule has 0 aromatic heterocycles. The van der Waals surface area contributed by atoms with Gasteiger partial charge in [0.15, 0.2) is 0 Å². The molecular weight excluding hydrogens is 356 g/mol. The SMILES string of the molecule is COC(=O)CC(C)NC(=O)C1CCCN(C(=O)c2cccc3ccccc23)C1. The Bertz CT molecular complexity index is 874. The van der Waals surface area contributed by atoms with Crippen molar-refractivity contribution < 1.29 is 19.1 Å². The second-order valence-electron chi connectivity index (χ2n) is 7.31. The minimum Gasteiger partial charge on any atom is -0.469 e. The van der Waals surface area contributed by atoms with Crippen LogP contribution in [-0.2, 0) is 14.3 Å². The first-order valence-corrected chi connectivity index (χ1v) is 9.64. The number of ether oxygens (including phenoxy) is 1. The number of carbonyl (C=O) groups excluding carboxylic acids is 3. The van der Waals surface area contributed by atoms with Gasteiger partial charge in [-0.25, -0.2) is 0 Å².